The quantitative estimate of drug-likeness (QED) is 0.711. The first-order valence-electron chi connectivity index (χ1n) is 8.22. The van der Waals surface area contributed by atoms with Gasteiger partial charge in [-0.1, -0.05) is 0 Å². The molecule has 1 aliphatic rings. The lowest BCUT2D eigenvalue weighted by Gasteiger charge is -2.28. The van der Waals surface area contributed by atoms with E-state index in [0.29, 0.717) is 24.2 Å². The van der Waals surface area contributed by atoms with Crippen LogP contribution < -0.4 is 0 Å². The normalized spacial score (nSPS) is 13.6. The van der Waals surface area contributed by atoms with Gasteiger partial charge in [0.15, 0.2) is 11.6 Å². The Kier molecular flexibility index (Phi) is 3.99. The minimum absolute atomic E-state index is 0.230. The SMILES string of the molecule is Cn1cc(-c2ccnc(C(=O)N3CCc4cc(F)c(F)cc4C3)c2)cn1. The van der Waals surface area contributed by atoms with E-state index in [-0.39, 0.29) is 12.5 Å². The summed E-state index contributed by atoms with van der Waals surface area (Å²) in [4.78, 5) is 18.6. The highest BCUT2D eigenvalue weighted by Crippen LogP contribution is 2.24. The molecule has 0 fully saturated rings. The number of benzene rings is 1. The van der Waals surface area contributed by atoms with E-state index >= 15 is 0 Å². The maximum atomic E-state index is 13.5. The zero-order chi connectivity index (χ0) is 18.3. The van der Waals surface area contributed by atoms with Crippen molar-refractivity contribution in [3.05, 3.63) is 71.3 Å². The Morgan fingerprint density at radius 1 is 1.12 bits per heavy atom. The Hall–Kier alpha value is -3.09. The predicted octanol–water partition coefficient (Wildman–Crippen LogP) is 2.96. The van der Waals surface area contributed by atoms with E-state index < -0.39 is 11.6 Å². The summed E-state index contributed by atoms with van der Waals surface area (Å²) in [5.74, 6) is -1.98. The highest BCUT2D eigenvalue weighted by molar-refractivity contribution is 5.93. The van der Waals surface area contributed by atoms with Crippen LogP contribution in [-0.4, -0.2) is 32.1 Å². The molecule has 0 N–H and O–H groups in total. The lowest BCUT2D eigenvalue weighted by atomic mass is 9.99. The van der Waals surface area contributed by atoms with Crippen LogP contribution in [0.5, 0.6) is 0 Å². The molecule has 4 rings (SSSR count). The first-order chi connectivity index (χ1) is 12.5. The van der Waals surface area contributed by atoms with Crippen molar-refractivity contribution in [2.45, 2.75) is 13.0 Å². The zero-order valence-corrected chi connectivity index (χ0v) is 14.1. The summed E-state index contributed by atoms with van der Waals surface area (Å²) in [5.41, 5.74) is 3.43. The van der Waals surface area contributed by atoms with Gasteiger partial charge in [-0.2, -0.15) is 5.10 Å². The van der Waals surface area contributed by atoms with Crippen molar-refractivity contribution in [2.24, 2.45) is 7.05 Å². The molecule has 3 heterocycles. The molecule has 0 saturated heterocycles. The van der Waals surface area contributed by atoms with Gasteiger partial charge in [0.1, 0.15) is 5.69 Å². The van der Waals surface area contributed by atoms with E-state index in [2.05, 4.69) is 10.1 Å². The summed E-state index contributed by atoms with van der Waals surface area (Å²) in [7, 11) is 1.82. The highest BCUT2D eigenvalue weighted by atomic mass is 19.2. The number of fused-ring (bicyclic) bond motifs is 1. The van der Waals surface area contributed by atoms with Crippen molar-refractivity contribution in [2.75, 3.05) is 6.54 Å². The highest BCUT2D eigenvalue weighted by Gasteiger charge is 2.24. The predicted molar refractivity (Wildman–Crippen MR) is 91.2 cm³/mol. The minimum Gasteiger partial charge on any atom is -0.333 e. The zero-order valence-electron chi connectivity index (χ0n) is 14.1. The standard InChI is InChI=1S/C19H16F2N4O/c1-24-10-15(9-23-24)12-2-4-22-18(8-12)19(26)25-5-3-13-6-16(20)17(21)7-14(13)11-25/h2,4,6-10H,3,5,11H2,1H3. The Balaban J connectivity index is 1.59. The van der Waals surface area contributed by atoms with Crippen LogP contribution in [0.25, 0.3) is 11.1 Å². The van der Waals surface area contributed by atoms with E-state index in [9.17, 15) is 13.6 Å². The fourth-order valence-corrected chi connectivity index (χ4v) is 3.18. The maximum Gasteiger partial charge on any atom is 0.272 e. The molecule has 5 nitrogen and oxygen atoms in total. The lowest BCUT2D eigenvalue weighted by Crippen LogP contribution is -2.36. The first-order valence-corrected chi connectivity index (χ1v) is 8.22. The maximum absolute atomic E-state index is 13.5. The Morgan fingerprint density at radius 3 is 2.62 bits per heavy atom. The smallest absolute Gasteiger partial charge is 0.272 e. The molecule has 0 saturated carbocycles. The minimum atomic E-state index is -0.894. The summed E-state index contributed by atoms with van der Waals surface area (Å²) >= 11 is 0. The van der Waals surface area contributed by atoms with Crippen molar-refractivity contribution < 1.29 is 13.6 Å². The molecule has 1 aromatic carbocycles. The molecule has 1 aliphatic heterocycles. The topological polar surface area (TPSA) is 51.0 Å². The van der Waals surface area contributed by atoms with Crippen LogP contribution in [0, 0.1) is 11.6 Å². The third kappa shape index (κ3) is 2.96. The van der Waals surface area contributed by atoms with Crippen molar-refractivity contribution >= 4 is 5.91 Å². The summed E-state index contributed by atoms with van der Waals surface area (Å²) in [5, 5.41) is 4.13. The molecular formula is C19H16F2N4O. The summed E-state index contributed by atoms with van der Waals surface area (Å²) in [6, 6.07) is 5.93. The summed E-state index contributed by atoms with van der Waals surface area (Å²) in [6.45, 7) is 0.680. The number of halogens is 2. The number of amides is 1. The number of nitrogens with zero attached hydrogens (tertiary/aromatic N) is 4. The third-order valence-corrected chi connectivity index (χ3v) is 4.56. The molecule has 0 unspecified atom stereocenters. The number of pyridine rings is 1. The number of hydrogen-bond donors (Lipinski definition) is 0. The molecule has 3 aromatic rings. The second-order valence-electron chi connectivity index (χ2n) is 6.34. The van der Waals surface area contributed by atoms with Gasteiger partial charge in [0.2, 0.25) is 0 Å². The fraction of sp³-hybridized carbons (Fsp3) is 0.211. The van der Waals surface area contributed by atoms with Gasteiger partial charge in [0.25, 0.3) is 5.91 Å². The lowest BCUT2D eigenvalue weighted by molar-refractivity contribution is 0.0728. The summed E-state index contributed by atoms with van der Waals surface area (Å²) in [6.07, 6.45) is 5.65. The second kappa shape index (κ2) is 6.33. The van der Waals surface area contributed by atoms with Crippen LogP contribution >= 0.6 is 0 Å². The number of aryl methyl sites for hydroxylation is 1. The number of carbonyl (C=O) groups excluding carboxylic acids is 1. The van der Waals surface area contributed by atoms with Crippen LogP contribution in [0.3, 0.4) is 0 Å². The van der Waals surface area contributed by atoms with Gasteiger partial charge < -0.3 is 4.90 Å². The number of rotatable bonds is 2. The van der Waals surface area contributed by atoms with Gasteiger partial charge in [-0.3, -0.25) is 14.5 Å². The number of carbonyl (C=O) groups is 1. The van der Waals surface area contributed by atoms with E-state index in [4.69, 9.17) is 0 Å². The monoisotopic (exact) mass is 354 g/mol. The van der Waals surface area contributed by atoms with E-state index in [1.807, 2.05) is 19.3 Å². The van der Waals surface area contributed by atoms with Crippen molar-refractivity contribution in [1.82, 2.24) is 19.7 Å². The largest absolute Gasteiger partial charge is 0.333 e. The van der Waals surface area contributed by atoms with E-state index in [1.54, 1.807) is 28.0 Å². The van der Waals surface area contributed by atoms with E-state index in [0.717, 1.165) is 16.7 Å². The molecule has 0 aliphatic carbocycles. The number of hydrogen-bond acceptors (Lipinski definition) is 3. The molecule has 1 amide bonds. The third-order valence-electron chi connectivity index (χ3n) is 4.56. The van der Waals surface area contributed by atoms with Crippen molar-refractivity contribution in [1.29, 1.82) is 0 Å². The van der Waals surface area contributed by atoms with Gasteiger partial charge in [0, 0.05) is 38.1 Å². The molecule has 0 bridgehead atoms. The first kappa shape index (κ1) is 16.4. The van der Waals surface area contributed by atoms with Crippen LogP contribution in [0.2, 0.25) is 0 Å². The van der Waals surface area contributed by atoms with Gasteiger partial charge in [-0.25, -0.2) is 8.78 Å². The van der Waals surface area contributed by atoms with Gasteiger partial charge in [0.05, 0.1) is 6.20 Å². The molecule has 0 radical (unpaired) electrons. The Bertz CT molecular complexity index is 999. The van der Waals surface area contributed by atoms with Crippen molar-refractivity contribution in [3.63, 3.8) is 0 Å². The molecule has 132 valence electrons. The van der Waals surface area contributed by atoms with Crippen LogP contribution in [0.15, 0.2) is 42.9 Å². The fourth-order valence-electron chi connectivity index (χ4n) is 3.18. The second-order valence-corrected chi connectivity index (χ2v) is 6.34. The van der Waals surface area contributed by atoms with E-state index in [1.165, 1.54) is 12.1 Å². The van der Waals surface area contributed by atoms with Gasteiger partial charge >= 0.3 is 0 Å². The summed E-state index contributed by atoms with van der Waals surface area (Å²) < 4.78 is 28.6. The average molecular weight is 354 g/mol. The van der Waals surface area contributed by atoms with Gasteiger partial charge in [-0.05, 0) is 47.4 Å². The van der Waals surface area contributed by atoms with Crippen LogP contribution in [0.4, 0.5) is 8.78 Å². The molecule has 7 heteroatoms. The Morgan fingerprint density at radius 2 is 1.88 bits per heavy atom. The Labute approximate surface area is 148 Å². The van der Waals surface area contributed by atoms with Crippen LogP contribution in [-0.2, 0) is 20.0 Å². The van der Waals surface area contributed by atoms with Crippen LogP contribution in [0.1, 0.15) is 21.6 Å². The molecule has 26 heavy (non-hydrogen) atoms. The molecule has 2 aromatic heterocycles. The average Bonchev–Trinajstić information content (AvgIpc) is 3.08. The molecular weight excluding hydrogens is 338 g/mol. The van der Waals surface area contributed by atoms with Crippen molar-refractivity contribution in [3.8, 4) is 11.1 Å². The molecule has 0 atom stereocenters. The van der Waals surface area contributed by atoms with Gasteiger partial charge in [-0.15, -0.1) is 0 Å². The molecule has 0 spiro atoms. The number of aromatic nitrogens is 3.